The molecule has 1 rings (SSSR count). The van der Waals surface area contributed by atoms with E-state index in [1.54, 1.807) is 11.8 Å². The summed E-state index contributed by atoms with van der Waals surface area (Å²) < 4.78 is 0. The fourth-order valence-electron chi connectivity index (χ4n) is 2.45. The number of carbonyl (C=O) groups excluding carboxylic acids is 1. The number of hydrogen-bond acceptors (Lipinski definition) is 3. The number of nitrogens with one attached hydrogen (secondary N) is 1. The highest BCUT2D eigenvalue weighted by Crippen LogP contribution is 2.21. The van der Waals surface area contributed by atoms with Gasteiger partial charge in [-0.15, -0.1) is 0 Å². The number of nitrogens with zero attached hydrogens (tertiary/aromatic N) is 1. The minimum absolute atomic E-state index is 0.0256. The minimum Gasteiger partial charge on any atom is -0.481 e. The third-order valence-corrected chi connectivity index (χ3v) is 3.37. The number of carboxylic acids is 1. The second-order valence-corrected chi connectivity index (χ2v) is 6.76. The lowest BCUT2D eigenvalue weighted by molar-refractivity contribution is -0.140. The van der Waals surface area contributed by atoms with Gasteiger partial charge in [0.1, 0.15) is 0 Å². The van der Waals surface area contributed by atoms with Crippen molar-refractivity contribution in [1.82, 2.24) is 10.2 Å². The largest absolute Gasteiger partial charge is 0.481 e. The molecule has 1 aliphatic heterocycles. The van der Waals surface area contributed by atoms with Gasteiger partial charge in [-0.2, -0.15) is 0 Å². The van der Waals surface area contributed by atoms with Gasteiger partial charge in [-0.3, -0.25) is 9.59 Å². The molecule has 0 saturated carbocycles. The predicted molar refractivity (Wildman–Crippen MR) is 73.9 cm³/mol. The number of aliphatic carboxylic acids is 1. The van der Waals surface area contributed by atoms with Gasteiger partial charge in [-0.05, 0) is 17.8 Å². The maximum atomic E-state index is 11.5. The van der Waals surface area contributed by atoms with Crippen molar-refractivity contribution in [3.8, 4) is 0 Å². The molecule has 2 atom stereocenters. The summed E-state index contributed by atoms with van der Waals surface area (Å²) in [5.74, 6) is -0.713. The zero-order valence-electron chi connectivity index (χ0n) is 12.4. The molecular weight excluding hydrogens is 244 g/mol. The summed E-state index contributed by atoms with van der Waals surface area (Å²) in [4.78, 5) is 24.1. The Morgan fingerprint density at radius 2 is 1.95 bits per heavy atom. The smallest absolute Gasteiger partial charge is 0.303 e. The molecule has 0 bridgehead atoms. The first-order valence-corrected chi connectivity index (χ1v) is 6.88. The van der Waals surface area contributed by atoms with Crippen molar-refractivity contribution in [2.24, 2.45) is 11.3 Å². The van der Waals surface area contributed by atoms with Crippen LogP contribution in [0.4, 0.5) is 0 Å². The average Bonchev–Trinajstić information content (AvgIpc) is 2.24. The van der Waals surface area contributed by atoms with Gasteiger partial charge in [0.2, 0.25) is 5.91 Å². The van der Waals surface area contributed by atoms with Crippen LogP contribution in [0.2, 0.25) is 0 Å². The van der Waals surface area contributed by atoms with Gasteiger partial charge in [-0.1, -0.05) is 20.8 Å². The normalized spacial score (nSPS) is 24.3. The highest BCUT2D eigenvalue weighted by Gasteiger charge is 2.30. The summed E-state index contributed by atoms with van der Waals surface area (Å²) in [7, 11) is 0. The molecule has 0 aliphatic carbocycles. The number of likely N-dealkylation sites (tertiary alicyclic amines) is 1. The Hall–Kier alpha value is -1.10. The number of carboxylic acid groups (broad SMARTS) is 1. The molecular formula is C14H26N2O3. The van der Waals surface area contributed by atoms with Crippen LogP contribution in [-0.4, -0.2) is 47.6 Å². The number of rotatable bonds is 4. The van der Waals surface area contributed by atoms with Gasteiger partial charge in [0.25, 0.3) is 0 Å². The van der Waals surface area contributed by atoms with E-state index in [0.29, 0.717) is 13.1 Å². The summed E-state index contributed by atoms with van der Waals surface area (Å²) in [5, 5.41) is 12.4. The molecule has 1 saturated heterocycles. The summed E-state index contributed by atoms with van der Waals surface area (Å²) in [6.07, 6.45) is 0.962. The van der Waals surface area contributed by atoms with Crippen molar-refractivity contribution < 1.29 is 14.7 Å². The Kier molecular flexibility index (Phi) is 5.35. The third-order valence-electron chi connectivity index (χ3n) is 3.37. The molecule has 1 heterocycles. The maximum absolute atomic E-state index is 11.5. The quantitative estimate of drug-likeness (QED) is 0.808. The van der Waals surface area contributed by atoms with Crippen LogP contribution in [0.15, 0.2) is 0 Å². The van der Waals surface area contributed by atoms with Gasteiger partial charge >= 0.3 is 5.97 Å². The molecule has 0 radical (unpaired) electrons. The third kappa shape index (κ3) is 6.05. The molecule has 110 valence electrons. The van der Waals surface area contributed by atoms with E-state index in [4.69, 9.17) is 5.11 Å². The zero-order chi connectivity index (χ0) is 14.6. The minimum atomic E-state index is -0.787. The van der Waals surface area contributed by atoms with E-state index in [0.717, 1.165) is 13.0 Å². The van der Waals surface area contributed by atoms with E-state index in [9.17, 15) is 9.59 Å². The molecule has 0 aromatic heterocycles. The molecule has 5 nitrogen and oxygen atoms in total. The van der Waals surface area contributed by atoms with Gasteiger partial charge in [0, 0.05) is 39.0 Å². The van der Waals surface area contributed by atoms with Gasteiger partial charge in [0.15, 0.2) is 0 Å². The van der Waals surface area contributed by atoms with Crippen LogP contribution in [0.5, 0.6) is 0 Å². The number of piperidine rings is 1. The highest BCUT2D eigenvalue weighted by atomic mass is 16.4. The van der Waals surface area contributed by atoms with Gasteiger partial charge in [-0.25, -0.2) is 0 Å². The number of amides is 1. The number of carbonyl (C=O) groups is 2. The van der Waals surface area contributed by atoms with Crippen LogP contribution in [0.3, 0.4) is 0 Å². The van der Waals surface area contributed by atoms with Gasteiger partial charge in [0.05, 0.1) is 0 Å². The lowest BCUT2D eigenvalue weighted by Crippen LogP contribution is -2.52. The second kappa shape index (κ2) is 6.37. The zero-order valence-corrected chi connectivity index (χ0v) is 12.4. The fourth-order valence-corrected chi connectivity index (χ4v) is 2.45. The summed E-state index contributed by atoms with van der Waals surface area (Å²) in [5.41, 5.74) is 0.181. The second-order valence-electron chi connectivity index (χ2n) is 6.76. The first kappa shape index (κ1) is 16.0. The van der Waals surface area contributed by atoms with Crippen LogP contribution in [-0.2, 0) is 9.59 Å². The molecule has 1 aliphatic rings. The molecule has 0 aromatic carbocycles. The topological polar surface area (TPSA) is 69.6 Å². The molecule has 0 aromatic rings. The van der Waals surface area contributed by atoms with Crippen molar-refractivity contribution in [2.75, 3.05) is 19.6 Å². The molecule has 19 heavy (non-hydrogen) atoms. The monoisotopic (exact) mass is 270 g/mol. The molecule has 2 unspecified atom stereocenters. The van der Waals surface area contributed by atoms with E-state index in [1.807, 2.05) is 0 Å². The first-order valence-electron chi connectivity index (χ1n) is 6.88. The molecule has 1 fully saturated rings. The van der Waals surface area contributed by atoms with Crippen molar-refractivity contribution >= 4 is 11.9 Å². The van der Waals surface area contributed by atoms with E-state index in [-0.39, 0.29) is 29.7 Å². The van der Waals surface area contributed by atoms with Crippen LogP contribution in [0, 0.1) is 11.3 Å². The average molecular weight is 270 g/mol. The first-order chi connectivity index (χ1) is 8.67. The van der Waals surface area contributed by atoms with E-state index in [1.165, 1.54) is 0 Å². The Bertz CT molecular complexity index is 336. The molecule has 0 spiro atoms. The van der Waals surface area contributed by atoms with E-state index < -0.39 is 5.97 Å². The van der Waals surface area contributed by atoms with Crippen molar-refractivity contribution in [3.63, 3.8) is 0 Å². The van der Waals surface area contributed by atoms with Crippen LogP contribution < -0.4 is 5.32 Å². The lowest BCUT2D eigenvalue weighted by Gasteiger charge is -2.38. The molecule has 5 heteroatoms. The van der Waals surface area contributed by atoms with Crippen molar-refractivity contribution in [3.05, 3.63) is 0 Å². The van der Waals surface area contributed by atoms with Gasteiger partial charge < -0.3 is 15.3 Å². The van der Waals surface area contributed by atoms with Crippen LogP contribution in [0.1, 0.15) is 40.5 Å². The summed E-state index contributed by atoms with van der Waals surface area (Å²) >= 11 is 0. The van der Waals surface area contributed by atoms with E-state index in [2.05, 4.69) is 26.1 Å². The highest BCUT2D eigenvalue weighted by molar-refractivity contribution is 5.73. The van der Waals surface area contributed by atoms with Crippen molar-refractivity contribution in [1.29, 1.82) is 0 Å². The Morgan fingerprint density at radius 3 is 2.42 bits per heavy atom. The Morgan fingerprint density at radius 1 is 1.32 bits per heavy atom. The Labute approximate surface area is 115 Å². The SMILES string of the molecule is CC(=O)N1CC(CC(=O)O)CC(NCC(C)(C)C)C1. The maximum Gasteiger partial charge on any atom is 0.303 e. The van der Waals surface area contributed by atoms with Crippen LogP contribution >= 0.6 is 0 Å². The number of hydrogen-bond donors (Lipinski definition) is 2. The lowest BCUT2D eigenvalue weighted by atomic mass is 9.90. The summed E-state index contributed by atoms with van der Waals surface area (Å²) in [6, 6.07) is 0.196. The molecule has 2 N–H and O–H groups in total. The summed E-state index contributed by atoms with van der Waals surface area (Å²) in [6.45, 7) is 10.1. The molecule has 1 amide bonds. The predicted octanol–water partition coefficient (Wildman–Crippen LogP) is 1.33. The van der Waals surface area contributed by atoms with E-state index >= 15 is 0 Å². The van der Waals surface area contributed by atoms with Crippen LogP contribution in [0.25, 0.3) is 0 Å². The van der Waals surface area contributed by atoms with Crippen molar-refractivity contribution in [2.45, 2.75) is 46.6 Å². The standard InChI is InChI=1S/C14H26N2O3/c1-10(17)16-7-11(6-13(18)19)5-12(8-16)15-9-14(2,3)4/h11-12,15H,5-9H2,1-4H3,(H,18,19). The Balaban J connectivity index is 2.59. The fraction of sp³-hybridized carbons (Fsp3) is 0.857.